The first-order chi connectivity index (χ1) is 9.47. The van der Waals surface area contributed by atoms with E-state index in [1.807, 2.05) is 6.92 Å². The molecule has 1 aromatic carbocycles. The van der Waals surface area contributed by atoms with E-state index < -0.39 is 12.1 Å². The third-order valence-corrected chi connectivity index (χ3v) is 3.01. The summed E-state index contributed by atoms with van der Waals surface area (Å²) in [5.41, 5.74) is 2.85. The molecule has 0 radical (unpaired) electrons. The van der Waals surface area contributed by atoms with E-state index in [0.717, 1.165) is 16.8 Å². The summed E-state index contributed by atoms with van der Waals surface area (Å²) in [6, 6.07) is 6.58. The van der Waals surface area contributed by atoms with Gasteiger partial charge in [-0.2, -0.15) is 0 Å². The van der Waals surface area contributed by atoms with Crippen LogP contribution in [0.4, 0.5) is 16.4 Å². The average molecular weight is 275 g/mol. The standard InChI is InChI=1S/C14H17N3O3/c1-8-9(2)17-20-13(8)16-14(19)15-12-6-4-5-11(7-12)10(3)18/h4-7,10,18H,1-3H3,(H2,15,16,19). The monoisotopic (exact) mass is 275 g/mol. The molecule has 0 spiro atoms. The molecule has 0 aliphatic carbocycles. The minimum absolute atomic E-state index is 0.326. The van der Waals surface area contributed by atoms with Gasteiger partial charge in [-0.25, -0.2) is 4.79 Å². The smallest absolute Gasteiger partial charge is 0.326 e. The highest BCUT2D eigenvalue weighted by molar-refractivity contribution is 5.99. The molecule has 0 saturated heterocycles. The lowest BCUT2D eigenvalue weighted by atomic mass is 10.1. The van der Waals surface area contributed by atoms with Crippen LogP contribution in [0.1, 0.15) is 29.8 Å². The molecule has 1 heterocycles. The lowest BCUT2D eigenvalue weighted by molar-refractivity contribution is 0.199. The van der Waals surface area contributed by atoms with E-state index in [0.29, 0.717) is 11.6 Å². The molecule has 0 aliphatic rings. The van der Waals surface area contributed by atoms with Gasteiger partial charge in [0.05, 0.1) is 11.8 Å². The lowest BCUT2D eigenvalue weighted by Gasteiger charge is -2.09. The summed E-state index contributed by atoms with van der Waals surface area (Å²) in [6.07, 6.45) is -0.584. The van der Waals surface area contributed by atoms with Gasteiger partial charge in [0.1, 0.15) is 0 Å². The van der Waals surface area contributed by atoms with Crippen LogP contribution in [0, 0.1) is 13.8 Å². The fraction of sp³-hybridized carbons (Fsp3) is 0.286. The Labute approximate surface area is 116 Å². The number of rotatable bonds is 3. The SMILES string of the molecule is Cc1noc(NC(=O)Nc2cccc(C(C)O)c2)c1C. The molecule has 20 heavy (non-hydrogen) atoms. The Kier molecular flexibility index (Phi) is 4.05. The number of aromatic nitrogens is 1. The van der Waals surface area contributed by atoms with Gasteiger partial charge in [0.25, 0.3) is 0 Å². The molecule has 2 aromatic rings. The number of carbonyl (C=O) groups excluding carboxylic acids is 1. The topological polar surface area (TPSA) is 87.4 Å². The lowest BCUT2D eigenvalue weighted by Crippen LogP contribution is -2.19. The van der Waals surface area contributed by atoms with Gasteiger partial charge in [0.2, 0.25) is 5.88 Å². The van der Waals surface area contributed by atoms with Crippen molar-refractivity contribution >= 4 is 17.6 Å². The fourth-order valence-electron chi connectivity index (χ4n) is 1.67. The van der Waals surface area contributed by atoms with Gasteiger partial charge in [-0.3, -0.25) is 5.32 Å². The molecular formula is C14H17N3O3. The van der Waals surface area contributed by atoms with E-state index in [1.165, 1.54) is 0 Å². The van der Waals surface area contributed by atoms with E-state index in [2.05, 4.69) is 15.8 Å². The number of amides is 2. The van der Waals surface area contributed by atoms with Crippen LogP contribution in [0.2, 0.25) is 0 Å². The zero-order valence-corrected chi connectivity index (χ0v) is 11.6. The van der Waals surface area contributed by atoms with Gasteiger partial charge < -0.3 is 14.9 Å². The summed E-state index contributed by atoms with van der Waals surface area (Å²) in [5, 5.41) is 18.5. The minimum atomic E-state index is -0.584. The summed E-state index contributed by atoms with van der Waals surface area (Å²) < 4.78 is 5.00. The second kappa shape index (κ2) is 5.75. The highest BCUT2D eigenvalue weighted by Crippen LogP contribution is 2.19. The first-order valence-corrected chi connectivity index (χ1v) is 6.26. The molecule has 0 aliphatic heterocycles. The van der Waals surface area contributed by atoms with E-state index in [4.69, 9.17) is 4.52 Å². The van der Waals surface area contributed by atoms with E-state index in [-0.39, 0.29) is 0 Å². The second-order valence-electron chi connectivity index (χ2n) is 4.60. The van der Waals surface area contributed by atoms with Crippen molar-refractivity contribution in [2.75, 3.05) is 10.6 Å². The predicted molar refractivity (Wildman–Crippen MR) is 75.7 cm³/mol. The van der Waals surface area contributed by atoms with Gasteiger partial charge >= 0.3 is 6.03 Å². The van der Waals surface area contributed by atoms with Crippen molar-refractivity contribution in [3.63, 3.8) is 0 Å². The molecule has 1 atom stereocenters. The van der Waals surface area contributed by atoms with Crippen molar-refractivity contribution < 1.29 is 14.4 Å². The number of urea groups is 1. The number of anilines is 2. The van der Waals surface area contributed by atoms with E-state index in [9.17, 15) is 9.90 Å². The normalized spacial score (nSPS) is 12.0. The average Bonchev–Trinajstić information content (AvgIpc) is 2.71. The summed E-state index contributed by atoms with van der Waals surface area (Å²) in [5.74, 6) is 0.326. The fourth-order valence-corrected chi connectivity index (χ4v) is 1.67. The van der Waals surface area contributed by atoms with Crippen molar-refractivity contribution in [1.29, 1.82) is 0 Å². The molecule has 1 aromatic heterocycles. The van der Waals surface area contributed by atoms with Crippen molar-refractivity contribution in [1.82, 2.24) is 5.16 Å². The van der Waals surface area contributed by atoms with Gasteiger partial charge in [0, 0.05) is 11.3 Å². The van der Waals surface area contributed by atoms with Gasteiger partial charge in [-0.05, 0) is 38.5 Å². The van der Waals surface area contributed by atoms with Crippen LogP contribution in [0.3, 0.4) is 0 Å². The van der Waals surface area contributed by atoms with Crippen molar-refractivity contribution in [2.24, 2.45) is 0 Å². The maximum Gasteiger partial charge on any atom is 0.326 e. The number of carbonyl (C=O) groups is 1. The summed E-state index contributed by atoms with van der Waals surface area (Å²) in [6.45, 7) is 5.28. The van der Waals surface area contributed by atoms with Crippen molar-refractivity contribution in [3.05, 3.63) is 41.1 Å². The second-order valence-corrected chi connectivity index (χ2v) is 4.60. The van der Waals surface area contributed by atoms with E-state index >= 15 is 0 Å². The zero-order chi connectivity index (χ0) is 14.7. The first kappa shape index (κ1) is 14.1. The number of aliphatic hydroxyl groups is 1. The number of aryl methyl sites for hydroxylation is 1. The molecule has 106 valence electrons. The molecule has 1 unspecified atom stereocenters. The zero-order valence-electron chi connectivity index (χ0n) is 11.6. The number of hydrogen-bond acceptors (Lipinski definition) is 4. The third kappa shape index (κ3) is 3.16. The van der Waals surface area contributed by atoms with Crippen LogP contribution >= 0.6 is 0 Å². The summed E-state index contributed by atoms with van der Waals surface area (Å²) in [7, 11) is 0. The minimum Gasteiger partial charge on any atom is -0.389 e. The van der Waals surface area contributed by atoms with Crippen LogP contribution in [0.25, 0.3) is 0 Å². The molecule has 2 amide bonds. The van der Waals surface area contributed by atoms with Crippen LogP contribution in [-0.4, -0.2) is 16.3 Å². The molecule has 0 saturated carbocycles. The van der Waals surface area contributed by atoms with E-state index in [1.54, 1.807) is 38.1 Å². The molecule has 6 nitrogen and oxygen atoms in total. The third-order valence-electron chi connectivity index (χ3n) is 3.01. The summed E-state index contributed by atoms with van der Waals surface area (Å²) in [4.78, 5) is 11.9. The number of hydrogen-bond donors (Lipinski definition) is 3. The Morgan fingerprint density at radius 1 is 1.35 bits per heavy atom. The maximum atomic E-state index is 11.9. The Morgan fingerprint density at radius 2 is 2.10 bits per heavy atom. The van der Waals surface area contributed by atoms with Gasteiger partial charge in [0.15, 0.2) is 0 Å². The molecule has 6 heteroatoms. The number of nitrogens with one attached hydrogen (secondary N) is 2. The largest absolute Gasteiger partial charge is 0.389 e. The Hall–Kier alpha value is -2.34. The predicted octanol–water partition coefficient (Wildman–Crippen LogP) is 2.99. The molecule has 2 rings (SSSR count). The highest BCUT2D eigenvalue weighted by Gasteiger charge is 2.12. The quantitative estimate of drug-likeness (QED) is 0.803. The van der Waals surface area contributed by atoms with Crippen molar-refractivity contribution in [3.8, 4) is 0 Å². The molecular weight excluding hydrogens is 258 g/mol. The molecule has 0 fully saturated rings. The van der Waals surface area contributed by atoms with Gasteiger partial charge in [-0.1, -0.05) is 17.3 Å². The number of benzene rings is 1. The van der Waals surface area contributed by atoms with Crippen LogP contribution in [0.5, 0.6) is 0 Å². The maximum absolute atomic E-state index is 11.9. The first-order valence-electron chi connectivity index (χ1n) is 6.26. The van der Waals surface area contributed by atoms with Crippen LogP contribution in [-0.2, 0) is 0 Å². The Bertz CT molecular complexity index is 620. The van der Waals surface area contributed by atoms with Crippen LogP contribution in [0.15, 0.2) is 28.8 Å². The number of nitrogens with zero attached hydrogens (tertiary/aromatic N) is 1. The van der Waals surface area contributed by atoms with Crippen LogP contribution < -0.4 is 10.6 Å². The highest BCUT2D eigenvalue weighted by atomic mass is 16.5. The molecule has 3 N–H and O–H groups in total. The Morgan fingerprint density at radius 3 is 2.70 bits per heavy atom. The number of aliphatic hydroxyl groups excluding tert-OH is 1. The van der Waals surface area contributed by atoms with Crippen molar-refractivity contribution in [2.45, 2.75) is 26.9 Å². The molecule has 0 bridgehead atoms. The Balaban J connectivity index is 2.05. The van der Waals surface area contributed by atoms with Gasteiger partial charge in [-0.15, -0.1) is 0 Å². The summed E-state index contributed by atoms with van der Waals surface area (Å²) >= 11 is 0.